The molecule has 2 unspecified atom stereocenters. The van der Waals surface area contributed by atoms with Gasteiger partial charge in [-0.15, -0.1) is 0 Å². The molecule has 0 radical (unpaired) electrons. The van der Waals surface area contributed by atoms with Gasteiger partial charge in [0.05, 0.1) is 35.0 Å². The van der Waals surface area contributed by atoms with E-state index in [1.165, 1.54) is 18.2 Å². The maximum absolute atomic E-state index is 13.5. The molecule has 2 fully saturated rings. The molecule has 0 saturated heterocycles. The number of fused-ring (bicyclic) bond motifs is 1. The predicted molar refractivity (Wildman–Crippen MR) is 131 cm³/mol. The van der Waals surface area contributed by atoms with Crippen molar-refractivity contribution in [1.82, 2.24) is 19.5 Å². The number of hydrogen-bond acceptors (Lipinski definition) is 6. The molecule has 8 nitrogen and oxygen atoms in total. The number of amides is 1. The second-order valence-electron chi connectivity index (χ2n) is 10.1. The number of nitrogens with one attached hydrogen (secondary N) is 2. The number of alkyl halides is 3. The number of imidazole rings is 1. The Balaban J connectivity index is 1.21. The van der Waals surface area contributed by atoms with Gasteiger partial charge in [0.25, 0.3) is 5.91 Å². The molecule has 0 aliphatic heterocycles. The van der Waals surface area contributed by atoms with E-state index < -0.39 is 23.3 Å². The van der Waals surface area contributed by atoms with Crippen LogP contribution in [0.5, 0.6) is 0 Å². The molecule has 1 amide bonds. The van der Waals surface area contributed by atoms with Crippen molar-refractivity contribution in [1.29, 1.82) is 0 Å². The molecule has 3 aromatic rings. The molecule has 0 bridgehead atoms. The zero-order valence-corrected chi connectivity index (χ0v) is 21.0. The Bertz CT molecular complexity index is 1330. The first-order chi connectivity index (χ1) is 17.9. The fourth-order valence-electron chi connectivity index (χ4n) is 5.75. The standard InChI is InChI=1S/C25H25ClF4N6O2/c1-36-12-34-21(22(36)23(37)35-16-2-3-18(27)17(26)6-16)13-4-14-7-24(38,8-15(14)5-13)11-33-20-10-31-19(9-32-20)25(28,29)30/h2-3,6,9-10,12-15,38H,4-5,7-8,11H2,1H3,(H,32,33)(H,35,37). The molecule has 2 aliphatic carbocycles. The molecule has 5 rings (SSSR count). The molecule has 2 aliphatic rings. The number of nitrogens with zero attached hydrogens (tertiary/aromatic N) is 4. The first kappa shape index (κ1) is 26.4. The number of hydrogen-bond donors (Lipinski definition) is 3. The molecule has 0 spiro atoms. The quantitative estimate of drug-likeness (QED) is 0.371. The SMILES string of the molecule is Cn1cnc(C2CC3CC(O)(CNc4cnc(C(F)(F)F)cn4)CC3C2)c1C(=O)Nc1ccc(F)c(Cl)c1. The smallest absolute Gasteiger partial charge is 0.388 e. The summed E-state index contributed by atoms with van der Waals surface area (Å²) in [5.74, 6) is -0.350. The predicted octanol–water partition coefficient (Wildman–Crippen LogP) is 5.02. The van der Waals surface area contributed by atoms with Gasteiger partial charge in [0, 0.05) is 25.2 Å². The summed E-state index contributed by atoms with van der Waals surface area (Å²) >= 11 is 5.83. The van der Waals surface area contributed by atoms with Gasteiger partial charge in [-0.25, -0.2) is 19.3 Å². The second kappa shape index (κ2) is 9.81. The number of benzene rings is 1. The molecule has 3 N–H and O–H groups in total. The number of anilines is 2. The highest BCUT2D eigenvalue weighted by atomic mass is 35.5. The Labute approximate surface area is 220 Å². The molecule has 1 aromatic carbocycles. The topological polar surface area (TPSA) is 105 Å². The van der Waals surface area contributed by atoms with Gasteiger partial charge in [-0.3, -0.25) is 4.79 Å². The molecule has 202 valence electrons. The third-order valence-electron chi connectivity index (χ3n) is 7.41. The van der Waals surface area contributed by atoms with Crippen LogP contribution >= 0.6 is 11.6 Å². The molecule has 38 heavy (non-hydrogen) atoms. The molecule has 13 heteroatoms. The van der Waals surface area contributed by atoms with Crippen molar-refractivity contribution in [3.05, 3.63) is 64.8 Å². The van der Waals surface area contributed by atoms with Crippen LogP contribution in [0.1, 0.15) is 53.5 Å². The summed E-state index contributed by atoms with van der Waals surface area (Å²) in [6.07, 6.45) is 1.19. The largest absolute Gasteiger partial charge is 0.434 e. The highest BCUT2D eigenvalue weighted by Gasteiger charge is 2.49. The maximum atomic E-state index is 13.5. The van der Waals surface area contributed by atoms with Crippen LogP contribution in [0.2, 0.25) is 5.02 Å². The van der Waals surface area contributed by atoms with E-state index in [9.17, 15) is 27.5 Å². The van der Waals surface area contributed by atoms with Crippen LogP contribution in [-0.4, -0.2) is 42.7 Å². The lowest BCUT2D eigenvalue weighted by Crippen LogP contribution is -2.35. The minimum atomic E-state index is -4.56. The fourth-order valence-corrected chi connectivity index (χ4v) is 5.93. The third-order valence-corrected chi connectivity index (χ3v) is 7.70. The number of aromatic nitrogens is 4. The van der Waals surface area contributed by atoms with E-state index >= 15 is 0 Å². The van der Waals surface area contributed by atoms with E-state index in [0.717, 1.165) is 19.0 Å². The third kappa shape index (κ3) is 5.32. The van der Waals surface area contributed by atoms with Gasteiger partial charge in [0.15, 0.2) is 5.69 Å². The highest BCUT2D eigenvalue weighted by Crippen LogP contribution is 2.54. The van der Waals surface area contributed by atoms with Gasteiger partial charge in [-0.05, 0) is 55.7 Å². The van der Waals surface area contributed by atoms with E-state index in [4.69, 9.17) is 11.6 Å². The Morgan fingerprint density at radius 2 is 1.89 bits per heavy atom. The van der Waals surface area contributed by atoms with Gasteiger partial charge >= 0.3 is 6.18 Å². The molecule has 2 atom stereocenters. The van der Waals surface area contributed by atoms with Crippen molar-refractivity contribution in [3.63, 3.8) is 0 Å². The molecular weight excluding hydrogens is 528 g/mol. The van der Waals surface area contributed by atoms with Crippen molar-refractivity contribution >= 4 is 29.0 Å². The van der Waals surface area contributed by atoms with E-state index in [-0.39, 0.29) is 41.0 Å². The first-order valence-electron chi connectivity index (χ1n) is 12.0. The van der Waals surface area contributed by atoms with Gasteiger partial charge in [0.1, 0.15) is 17.3 Å². The van der Waals surface area contributed by atoms with Gasteiger partial charge in [0.2, 0.25) is 0 Å². The van der Waals surface area contributed by atoms with Crippen LogP contribution in [0, 0.1) is 17.7 Å². The number of halogens is 5. The van der Waals surface area contributed by atoms with E-state index in [0.29, 0.717) is 36.1 Å². The minimum Gasteiger partial charge on any atom is -0.388 e. The second-order valence-corrected chi connectivity index (χ2v) is 10.5. The van der Waals surface area contributed by atoms with Crippen molar-refractivity contribution in [2.24, 2.45) is 18.9 Å². The van der Waals surface area contributed by atoms with E-state index in [1.54, 1.807) is 17.9 Å². The van der Waals surface area contributed by atoms with Crippen molar-refractivity contribution in [3.8, 4) is 0 Å². The van der Waals surface area contributed by atoms with Crippen LogP contribution in [0.25, 0.3) is 0 Å². The number of aliphatic hydroxyl groups is 1. The monoisotopic (exact) mass is 552 g/mol. The van der Waals surface area contributed by atoms with Crippen LogP contribution < -0.4 is 10.6 Å². The number of carbonyl (C=O) groups excluding carboxylic acids is 1. The lowest BCUT2D eigenvalue weighted by molar-refractivity contribution is -0.141. The van der Waals surface area contributed by atoms with Gasteiger partial charge in [-0.2, -0.15) is 13.2 Å². The Morgan fingerprint density at radius 1 is 1.18 bits per heavy atom. The van der Waals surface area contributed by atoms with Crippen molar-refractivity contribution < 1.29 is 27.5 Å². The lowest BCUT2D eigenvalue weighted by Gasteiger charge is -2.25. The number of carbonyl (C=O) groups is 1. The zero-order valence-electron chi connectivity index (χ0n) is 20.3. The number of aryl methyl sites for hydroxylation is 1. The first-order valence-corrected chi connectivity index (χ1v) is 12.4. The van der Waals surface area contributed by atoms with E-state index in [2.05, 4.69) is 25.6 Å². The Kier molecular flexibility index (Phi) is 6.80. The molecule has 2 saturated carbocycles. The summed E-state index contributed by atoms with van der Waals surface area (Å²) < 4.78 is 53.2. The van der Waals surface area contributed by atoms with Crippen LogP contribution in [0.4, 0.5) is 29.1 Å². The maximum Gasteiger partial charge on any atom is 0.434 e. The number of rotatable bonds is 6. The van der Waals surface area contributed by atoms with Crippen LogP contribution in [0.15, 0.2) is 36.9 Å². The molecule has 2 heterocycles. The van der Waals surface area contributed by atoms with Crippen molar-refractivity contribution in [2.45, 2.75) is 43.4 Å². The highest BCUT2D eigenvalue weighted by molar-refractivity contribution is 6.31. The summed E-state index contributed by atoms with van der Waals surface area (Å²) in [4.78, 5) is 24.7. The van der Waals surface area contributed by atoms with Crippen LogP contribution in [0.3, 0.4) is 0 Å². The normalized spacial score (nSPS) is 24.9. The average Bonchev–Trinajstić information content (AvgIpc) is 3.51. The Morgan fingerprint density at radius 3 is 2.50 bits per heavy atom. The van der Waals surface area contributed by atoms with Gasteiger partial charge < -0.3 is 20.3 Å². The average molecular weight is 553 g/mol. The lowest BCUT2D eigenvalue weighted by atomic mass is 9.92. The Hall–Kier alpha value is -3.25. The summed E-state index contributed by atoms with van der Waals surface area (Å²) in [6.45, 7) is 0.141. The molecular formula is C25H25ClF4N6O2. The fraction of sp³-hybridized carbons (Fsp3) is 0.440. The summed E-state index contributed by atoms with van der Waals surface area (Å²) in [7, 11) is 1.73. The zero-order chi connectivity index (χ0) is 27.2. The minimum absolute atomic E-state index is 0.0297. The van der Waals surface area contributed by atoms with Crippen molar-refractivity contribution in [2.75, 3.05) is 17.2 Å². The molecule has 2 aromatic heterocycles. The summed E-state index contributed by atoms with van der Waals surface area (Å²) in [5.41, 5.74) is -0.654. The summed E-state index contributed by atoms with van der Waals surface area (Å²) in [6, 6.07) is 3.95. The van der Waals surface area contributed by atoms with Gasteiger partial charge in [-0.1, -0.05) is 11.6 Å². The summed E-state index contributed by atoms with van der Waals surface area (Å²) in [5, 5.41) is 16.7. The van der Waals surface area contributed by atoms with E-state index in [1.807, 2.05) is 0 Å². The van der Waals surface area contributed by atoms with Crippen LogP contribution in [-0.2, 0) is 13.2 Å².